The second kappa shape index (κ2) is 8.15. The standard InChI is InChI=1S/C24H17F3N2O2/c1-16-11-19(5-4-17-3-2-10-28-13-17)12-20-15-29(23(30)22(16)20)14-18-6-8-21(9-7-18)31-24(25,26)27/h2-3,6-13H,14-15H2,1H3. The van der Waals surface area contributed by atoms with Crippen LogP contribution in [0.3, 0.4) is 0 Å². The second-order valence-electron chi connectivity index (χ2n) is 7.17. The summed E-state index contributed by atoms with van der Waals surface area (Å²) in [4.78, 5) is 18.6. The van der Waals surface area contributed by atoms with Gasteiger partial charge in [0, 0.05) is 42.2 Å². The zero-order valence-corrected chi connectivity index (χ0v) is 16.5. The lowest BCUT2D eigenvalue weighted by Gasteiger charge is -2.16. The largest absolute Gasteiger partial charge is 0.573 e. The zero-order chi connectivity index (χ0) is 22.0. The third kappa shape index (κ3) is 4.86. The summed E-state index contributed by atoms with van der Waals surface area (Å²) >= 11 is 0. The highest BCUT2D eigenvalue weighted by Crippen LogP contribution is 2.29. The molecular formula is C24H17F3N2O2. The maximum atomic E-state index is 12.9. The van der Waals surface area contributed by atoms with Crippen LogP contribution in [-0.4, -0.2) is 22.2 Å². The van der Waals surface area contributed by atoms with Gasteiger partial charge in [-0.2, -0.15) is 0 Å². The molecule has 7 heteroatoms. The van der Waals surface area contributed by atoms with Gasteiger partial charge in [0.15, 0.2) is 0 Å². The predicted octanol–water partition coefficient (Wildman–Crippen LogP) is 4.84. The fourth-order valence-electron chi connectivity index (χ4n) is 3.52. The van der Waals surface area contributed by atoms with Crippen molar-refractivity contribution in [3.63, 3.8) is 0 Å². The van der Waals surface area contributed by atoms with Crippen LogP contribution >= 0.6 is 0 Å². The van der Waals surface area contributed by atoms with Crippen LogP contribution in [0.4, 0.5) is 13.2 Å². The molecule has 1 aromatic heterocycles. The van der Waals surface area contributed by atoms with Crippen molar-refractivity contribution in [2.75, 3.05) is 0 Å². The fourth-order valence-corrected chi connectivity index (χ4v) is 3.52. The molecule has 0 unspecified atom stereocenters. The molecule has 0 saturated carbocycles. The monoisotopic (exact) mass is 422 g/mol. The van der Waals surface area contributed by atoms with Gasteiger partial charge in [-0.1, -0.05) is 24.0 Å². The maximum Gasteiger partial charge on any atom is 0.573 e. The summed E-state index contributed by atoms with van der Waals surface area (Å²) in [5, 5.41) is 0. The number of carbonyl (C=O) groups excluding carboxylic acids is 1. The first-order valence-electron chi connectivity index (χ1n) is 9.48. The van der Waals surface area contributed by atoms with E-state index >= 15 is 0 Å². The van der Waals surface area contributed by atoms with Gasteiger partial charge < -0.3 is 9.64 Å². The van der Waals surface area contributed by atoms with Crippen LogP contribution in [0.5, 0.6) is 5.75 Å². The summed E-state index contributed by atoms with van der Waals surface area (Å²) in [6.07, 6.45) is -1.37. The molecular weight excluding hydrogens is 405 g/mol. The number of carbonyl (C=O) groups is 1. The number of hydrogen-bond donors (Lipinski definition) is 0. The highest BCUT2D eigenvalue weighted by molar-refractivity contribution is 6.00. The first-order valence-corrected chi connectivity index (χ1v) is 9.48. The SMILES string of the molecule is Cc1cc(C#Cc2cccnc2)cc2c1C(=O)N(Cc1ccc(OC(F)(F)F)cc1)C2. The van der Waals surface area contributed by atoms with E-state index in [9.17, 15) is 18.0 Å². The molecule has 2 heterocycles. The van der Waals surface area contributed by atoms with Crippen molar-refractivity contribution < 1.29 is 22.7 Å². The average Bonchev–Trinajstić information content (AvgIpc) is 3.03. The third-order valence-electron chi connectivity index (χ3n) is 4.82. The van der Waals surface area contributed by atoms with Crippen molar-refractivity contribution >= 4 is 5.91 Å². The number of alkyl halides is 3. The summed E-state index contributed by atoms with van der Waals surface area (Å²) in [5.41, 5.74) is 4.71. The minimum Gasteiger partial charge on any atom is -0.406 e. The first kappa shape index (κ1) is 20.5. The topological polar surface area (TPSA) is 42.4 Å². The molecule has 31 heavy (non-hydrogen) atoms. The fraction of sp³-hybridized carbons (Fsp3) is 0.167. The van der Waals surface area contributed by atoms with E-state index < -0.39 is 6.36 Å². The van der Waals surface area contributed by atoms with Crippen LogP contribution in [-0.2, 0) is 13.1 Å². The number of aryl methyl sites for hydroxylation is 1. The van der Waals surface area contributed by atoms with Gasteiger partial charge in [0.25, 0.3) is 5.91 Å². The van der Waals surface area contributed by atoms with Crippen LogP contribution in [0.2, 0.25) is 0 Å². The van der Waals surface area contributed by atoms with Gasteiger partial charge in [-0.15, -0.1) is 13.2 Å². The summed E-state index contributed by atoms with van der Waals surface area (Å²) in [7, 11) is 0. The van der Waals surface area contributed by atoms with Gasteiger partial charge in [-0.3, -0.25) is 9.78 Å². The lowest BCUT2D eigenvalue weighted by atomic mass is 10.0. The highest BCUT2D eigenvalue weighted by atomic mass is 19.4. The van der Waals surface area contributed by atoms with E-state index in [1.807, 2.05) is 31.2 Å². The summed E-state index contributed by atoms with van der Waals surface area (Å²) in [6, 6.07) is 13.0. The van der Waals surface area contributed by atoms with Crippen molar-refractivity contribution in [1.82, 2.24) is 9.88 Å². The average molecular weight is 422 g/mol. The number of aromatic nitrogens is 1. The number of rotatable bonds is 3. The van der Waals surface area contributed by atoms with E-state index in [4.69, 9.17) is 0 Å². The Morgan fingerprint density at radius 3 is 2.52 bits per heavy atom. The Balaban J connectivity index is 1.50. The Morgan fingerprint density at radius 1 is 1.10 bits per heavy atom. The van der Waals surface area contributed by atoms with E-state index in [-0.39, 0.29) is 18.2 Å². The van der Waals surface area contributed by atoms with Crippen LogP contribution < -0.4 is 4.74 Å². The number of benzene rings is 2. The normalized spacial score (nSPS) is 12.9. The maximum absolute atomic E-state index is 12.9. The number of fused-ring (bicyclic) bond motifs is 1. The molecule has 0 N–H and O–H groups in total. The van der Waals surface area contributed by atoms with Crippen molar-refractivity contribution in [1.29, 1.82) is 0 Å². The Bertz CT molecular complexity index is 1180. The van der Waals surface area contributed by atoms with Crippen molar-refractivity contribution in [2.45, 2.75) is 26.4 Å². The molecule has 2 aromatic carbocycles. The summed E-state index contributed by atoms with van der Waals surface area (Å²) in [6.45, 7) is 2.58. The minimum atomic E-state index is -4.73. The Hall–Kier alpha value is -3.79. The van der Waals surface area contributed by atoms with Crippen molar-refractivity contribution in [2.24, 2.45) is 0 Å². The molecule has 0 fully saturated rings. The molecule has 1 aliphatic heterocycles. The molecule has 0 atom stereocenters. The second-order valence-corrected chi connectivity index (χ2v) is 7.17. The predicted molar refractivity (Wildman–Crippen MR) is 108 cm³/mol. The van der Waals surface area contributed by atoms with Gasteiger partial charge in [-0.25, -0.2) is 0 Å². The van der Waals surface area contributed by atoms with Gasteiger partial charge in [-0.05, 0) is 60.0 Å². The molecule has 1 aliphatic rings. The van der Waals surface area contributed by atoms with Gasteiger partial charge in [0.05, 0.1) is 0 Å². The summed E-state index contributed by atoms with van der Waals surface area (Å²) in [5.74, 6) is 5.78. The zero-order valence-electron chi connectivity index (χ0n) is 16.5. The molecule has 4 rings (SSSR count). The van der Waals surface area contributed by atoms with E-state index in [0.29, 0.717) is 17.7 Å². The summed E-state index contributed by atoms with van der Waals surface area (Å²) < 4.78 is 40.8. The van der Waals surface area contributed by atoms with Gasteiger partial charge in [0.1, 0.15) is 5.75 Å². The van der Waals surface area contributed by atoms with E-state index in [1.54, 1.807) is 17.3 Å². The molecule has 0 aliphatic carbocycles. The quantitative estimate of drug-likeness (QED) is 0.567. The number of pyridine rings is 1. The number of amides is 1. The Labute approximate surface area is 177 Å². The highest BCUT2D eigenvalue weighted by Gasteiger charge is 2.31. The van der Waals surface area contributed by atoms with Crippen molar-refractivity contribution in [3.8, 4) is 17.6 Å². The van der Waals surface area contributed by atoms with Gasteiger partial charge in [0.2, 0.25) is 0 Å². The number of ether oxygens (including phenoxy) is 1. The molecule has 0 bridgehead atoms. The first-order chi connectivity index (χ1) is 14.8. The van der Waals surface area contributed by atoms with E-state index in [0.717, 1.165) is 22.3 Å². The van der Waals surface area contributed by atoms with E-state index in [1.165, 1.54) is 24.3 Å². The Morgan fingerprint density at radius 2 is 1.84 bits per heavy atom. The van der Waals surface area contributed by atoms with E-state index in [2.05, 4.69) is 21.6 Å². The van der Waals surface area contributed by atoms with Crippen molar-refractivity contribution in [3.05, 3.63) is 94.3 Å². The molecule has 1 amide bonds. The van der Waals surface area contributed by atoms with Crippen LogP contribution in [0.25, 0.3) is 0 Å². The number of nitrogens with zero attached hydrogens (tertiary/aromatic N) is 2. The van der Waals surface area contributed by atoms with Crippen LogP contribution in [0.1, 0.15) is 38.2 Å². The number of hydrogen-bond acceptors (Lipinski definition) is 3. The van der Waals surface area contributed by atoms with Crippen LogP contribution in [0.15, 0.2) is 60.9 Å². The lowest BCUT2D eigenvalue weighted by molar-refractivity contribution is -0.274. The molecule has 156 valence electrons. The van der Waals surface area contributed by atoms with Crippen LogP contribution in [0, 0.1) is 18.8 Å². The smallest absolute Gasteiger partial charge is 0.406 e. The molecule has 0 radical (unpaired) electrons. The Kier molecular flexibility index (Phi) is 5.38. The third-order valence-corrected chi connectivity index (χ3v) is 4.82. The molecule has 3 aromatic rings. The lowest BCUT2D eigenvalue weighted by Crippen LogP contribution is -2.23. The number of halogens is 3. The molecule has 4 nitrogen and oxygen atoms in total. The molecule has 0 spiro atoms. The minimum absolute atomic E-state index is 0.102. The van der Waals surface area contributed by atoms with Gasteiger partial charge >= 0.3 is 6.36 Å². The molecule has 0 saturated heterocycles.